The number of fused-ring (bicyclic) bond motifs is 3. The minimum absolute atomic E-state index is 0.353. The zero-order valence-electron chi connectivity index (χ0n) is 14.7. The van der Waals surface area contributed by atoms with E-state index in [9.17, 15) is 9.59 Å². The maximum Gasteiger partial charge on any atom is 0.348 e. The number of carbonyl (C=O) groups excluding carboxylic acids is 1. The van der Waals surface area contributed by atoms with Gasteiger partial charge in [-0.1, -0.05) is 0 Å². The van der Waals surface area contributed by atoms with Gasteiger partial charge < -0.3 is 9.64 Å². The number of nitrogens with one attached hydrogen (secondary N) is 1. The molecule has 0 amide bonds. The van der Waals surface area contributed by atoms with Gasteiger partial charge in [-0.2, -0.15) is 0 Å². The molecule has 0 atom stereocenters. The van der Waals surface area contributed by atoms with Gasteiger partial charge in [0.05, 0.1) is 23.7 Å². The normalized spacial score (nSPS) is 11.0. The fourth-order valence-electron chi connectivity index (χ4n) is 3.04. The molecule has 9 heteroatoms. The number of pyridine rings is 1. The molecule has 27 heavy (non-hydrogen) atoms. The first-order valence-electron chi connectivity index (χ1n) is 8.30. The number of ether oxygens (including phenoxy) is 1. The summed E-state index contributed by atoms with van der Waals surface area (Å²) in [4.78, 5) is 34.9. The molecule has 0 radical (unpaired) electrons. The van der Waals surface area contributed by atoms with E-state index in [4.69, 9.17) is 9.72 Å². The number of aromatic amines is 1. The predicted octanol–water partition coefficient (Wildman–Crippen LogP) is 1.91. The number of aromatic nitrogens is 5. The van der Waals surface area contributed by atoms with Crippen molar-refractivity contribution < 1.29 is 9.53 Å². The molecule has 0 aliphatic rings. The van der Waals surface area contributed by atoms with Gasteiger partial charge in [0.2, 0.25) is 5.65 Å². The van der Waals surface area contributed by atoms with Crippen molar-refractivity contribution in [2.24, 2.45) is 0 Å². The van der Waals surface area contributed by atoms with Gasteiger partial charge in [-0.3, -0.25) is 4.98 Å². The lowest BCUT2D eigenvalue weighted by molar-refractivity contribution is 0.0601. The van der Waals surface area contributed by atoms with Crippen molar-refractivity contribution in [1.29, 1.82) is 0 Å². The van der Waals surface area contributed by atoms with Crippen LogP contribution in [0.5, 0.6) is 0 Å². The Bertz CT molecular complexity index is 1200. The van der Waals surface area contributed by atoms with Crippen LogP contribution in [0.15, 0.2) is 47.5 Å². The largest absolute Gasteiger partial charge is 0.465 e. The van der Waals surface area contributed by atoms with Crippen molar-refractivity contribution in [3.63, 3.8) is 0 Å². The van der Waals surface area contributed by atoms with Gasteiger partial charge >= 0.3 is 11.7 Å². The molecule has 1 aromatic carbocycles. The molecular formula is C18H16N6O3. The number of carbonyl (C=O) groups is 1. The van der Waals surface area contributed by atoms with E-state index in [1.807, 2.05) is 24.0 Å². The molecule has 9 nitrogen and oxygen atoms in total. The first-order valence-corrected chi connectivity index (χ1v) is 8.30. The highest BCUT2D eigenvalue weighted by atomic mass is 16.5. The third-order valence-corrected chi connectivity index (χ3v) is 4.28. The summed E-state index contributed by atoms with van der Waals surface area (Å²) in [5.41, 5.74) is 2.27. The Morgan fingerprint density at radius 1 is 1.26 bits per heavy atom. The Morgan fingerprint density at radius 2 is 2.04 bits per heavy atom. The fraction of sp³-hybridized carbons (Fsp3) is 0.167. The highest BCUT2D eigenvalue weighted by Gasteiger charge is 2.19. The van der Waals surface area contributed by atoms with Crippen LogP contribution in [-0.4, -0.2) is 44.2 Å². The number of anilines is 2. The predicted molar refractivity (Wildman–Crippen MR) is 99.4 cm³/mol. The number of benzene rings is 1. The lowest BCUT2D eigenvalue weighted by atomic mass is 10.2. The van der Waals surface area contributed by atoms with E-state index in [0.717, 1.165) is 5.69 Å². The zero-order valence-corrected chi connectivity index (χ0v) is 14.7. The Kier molecular flexibility index (Phi) is 4.03. The van der Waals surface area contributed by atoms with Gasteiger partial charge in [0.25, 0.3) is 0 Å². The topological polar surface area (TPSA) is 105 Å². The molecule has 3 aromatic heterocycles. The summed E-state index contributed by atoms with van der Waals surface area (Å²) >= 11 is 0. The summed E-state index contributed by atoms with van der Waals surface area (Å²) in [6.45, 7) is 2.56. The van der Waals surface area contributed by atoms with E-state index in [1.165, 1.54) is 11.5 Å². The molecule has 0 aliphatic heterocycles. The van der Waals surface area contributed by atoms with E-state index >= 15 is 0 Å². The van der Waals surface area contributed by atoms with Gasteiger partial charge in [0.1, 0.15) is 0 Å². The van der Waals surface area contributed by atoms with Crippen LogP contribution in [0.3, 0.4) is 0 Å². The van der Waals surface area contributed by atoms with Gasteiger partial charge in [-0.25, -0.2) is 24.1 Å². The van der Waals surface area contributed by atoms with Gasteiger partial charge in [-0.15, -0.1) is 5.10 Å². The van der Waals surface area contributed by atoms with E-state index in [1.54, 1.807) is 30.6 Å². The number of rotatable bonds is 4. The van der Waals surface area contributed by atoms with Crippen molar-refractivity contribution >= 4 is 34.2 Å². The van der Waals surface area contributed by atoms with Crippen molar-refractivity contribution in [2.75, 3.05) is 18.6 Å². The van der Waals surface area contributed by atoms with E-state index in [0.29, 0.717) is 34.6 Å². The van der Waals surface area contributed by atoms with Crippen LogP contribution < -0.4 is 10.6 Å². The average molecular weight is 364 g/mol. The third kappa shape index (κ3) is 2.69. The minimum Gasteiger partial charge on any atom is -0.465 e. The zero-order chi connectivity index (χ0) is 19.0. The Labute approximate surface area is 153 Å². The van der Waals surface area contributed by atoms with Crippen molar-refractivity contribution in [1.82, 2.24) is 24.6 Å². The summed E-state index contributed by atoms with van der Waals surface area (Å²) in [6, 6.07) is 8.55. The highest BCUT2D eigenvalue weighted by molar-refractivity contribution is 5.95. The Balaban J connectivity index is 2.03. The second kappa shape index (κ2) is 6.52. The molecule has 0 bridgehead atoms. The molecule has 0 unspecified atom stereocenters. The van der Waals surface area contributed by atoms with Crippen molar-refractivity contribution in [3.8, 4) is 0 Å². The highest BCUT2D eigenvalue weighted by Crippen LogP contribution is 2.28. The lowest BCUT2D eigenvalue weighted by Gasteiger charge is -2.22. The van der Waals surface area contributed by atoms with Crippen LogP contribution in [-0.2, 0) is 4.74 Å². The van der Waals surface area contributed by atoms with E-state index in [2.05, 4.69) is 15.2 Å². The monoisotopic (exact) mass is 364 g/mol. The quantitative estimate of drug-likeness (QED) is 0.551. The fourth-order valence-corrected chi connectivity index (χ4v) is 3.04. The van der Waals surface area contributed by atoms with Crippen LogP contribution in [0.2, 0.25) is 0 Å². The van der Waals surface area contributed by atoms with Crippen LogP contribution in [0.25, 0.3) is 16.7 Å². The number of hydrogen-bond acceptors (Lipinski definition) is 7. The Hall–Kier alpha value is -3.75. The maximum absolute atomic E-state index is 12.4. The van der Waals surface area contributed by atoms with Crippen LogP contribution >= 0.6 is 0 Å². The first-order chi connectivity index (χ1) is 13.1. The second-order valence-electron chi connectivity index (χ2n) is 5.77. The number of methoxy groups -OCH3 is 1. The molecular weight excluding hydrogens is 348 g/mol. The number of hydrogen-bond donors (Lipinski definition) is 1. The van der Waals surface area contributed by atoms with Gasteiger partial charge in [0, 0.05) is 24.6 Å². The molecule has 0 saturated carbocycles. The molecule has 136 valence electrons. The summed E-state index contributed by atoms with van der Waals surface area (Å²) < 4.78 is 6.23. The standard InChI is InChI=1S/C18H16N6O3/c1-3-23(12-6-8-19-9-7-12)15-16-21-22-18(26)24(16)14-5-4-11(17(25)27-2)10-13(14)20-15/h4-10H,3H2,1-2H3,(H,22,26). The van der Waals surface area contributed by atoms with Crippen LogP contribution in [0.4, 0.5) is 11.5 Å². The third-order valence-electron chi connectivity index (χ3n) is 4.28. The lowest BCUT2D eigenvalue weighted by Crippen LogP contribution is -2.20. The van der Waals surface area contributed by atoms with Gasteiger partial charge in [0.15, 0.2) is 5.82 Å². The number of nitrogens with zero attached hydrogens (tertiary/aromatic N) is 5. The number of esters is 1. The smallest absolute Gasteiger partial charge is 0.348 e. The van der Waals surface area contributed by atoms with Crippen LogP contribution in [0, 0.1) is 0 Å². The first kappa shape index (κ1) is 16.7. The summed E-state index contributed by atoms with van der Waals surface area (Å²) in [5.74, 6) is 0.0259. The molecule has 1 N–H and O–H groups in total. The molecule has 4 rings (SSSR count). The molecule has 3 heterocycles. The molecule has 0 saturated heterocycles. The van der Waals surface area contributed by atoms with E-state index < -0.39 is 5.97 Å². The van der Waals surface area contributed by atoms with Crippen molar-refractivity contribution in [3.05, 3.63) is 58.8 Å². The summed E-state index contributed by atoms with van der Waals surface area (Å²) in [6.07, 6.45) is 3.37. The van der Waals surface area contributed by atoms with Crippen LogP contribution in [0.1, 0.15) is 17.3 Å². The maximum atomic E-state index is 12.4. The summed E-state index contributed by atoms with van der Waals surface area (Å²) in [7, 11) is 1.32. The Morgan fingerprint density at radius 3 is 2.74 bits per heavy atom. The molecule has 4 aromatic rings. The second-order valence-corrected chi connectivity index (χ2v) is 5.77. The van der Waals surface area contributed by atoms with Crippen molar-refractivity contribution in [2.45, 2.75) is 6.92 Å². The summed E-state index contributed by atoms with van der Waals surface area (Å²) in [5, 5.41) is 6.63. The molecule has 0 fully saturated rings. The SMILES string of the molecule is CCN(c1ccncc1)c1nc2cc(C(=O)OC)ccc2n2c(=O)[nH]nc12. The molecule has 0 aliphatic carbocycles. The van der Waals surface area contributed by atoms with Gasteiger partial charge in [-0.05, 0) is 37.3 Å². The van der Waals surface area contributed by atoms with E-state index in [-0.39, 0.29) is 5.69 Å². The minimum atomic E-state index is -0.471. The molecule has 0 spiro atoms. The average Bonchev–Trinajstić information content (AvgIpc) is 3.10. The number of H-pyrrole nitrogens is 1.